The van der Waals surface area contributed by atoms with Crippen LogP contribution in [0.5, 0.6) is 0 Å². The van der Waals surface area contributed by atoms with Gasteiger partial charge in [-0.25, -0.2) is 0 Å². The fourth-order valence-corrected chi connectivity index (χ4v) is 1.21. The molecule has 0 aliphatic carbocycles. The predicted molar refractivity (Wildman–Crippen MR) is 44.8 cm³/mol. The molecule has 2 rings (SSSR count). The van der Waals surface area contributed by atoms with Crippen LogP contribution in [0.2, 0.25) is 0 Å². The summed E-state index contributed by atoms with van der Waals surface area (Å²) in [6.07, 6.45) is -1.24. The van der Waals surface area contributed by atoms with Crippen LogP contribution in [0.15, 0.2) is 12.2 Å². The maximum Gasteiger partial charge on any atom is 0.413 e. The predicted octanol–water partition coefficient (Wildman–Crippen LogP) is 0.884. The zero-order valence-corrected chi connectivity index (χ0v) is 7.75. The van der Waals surface area contributed by atoms with E-state index in [2.05, 4.69) is 13.5 Å². The van der Waals surface area contributed by atoms with Crippen molar-refractivity contribution in [3.63, 3.8) is 0 Å². The Morgan fingerprint density at radius 3 is 2.23 bits per heavy atom. The minimum atomic E-state index is -1.24. The van der Waals surface area contributed by atoms with Gasteiger partial charge >= 0.3 is 6.16 Å². The zero-order chi connectivity index (χ0) is 9.31. The first-order valence-corrected chi connectivity index (χ1v) is 4.43. The van der Waals surface area contributed by atoms with Crippen LogP contribution >= 0.6 is 0 Å². The van der Waals surface area contributed by atoms with Crippen molar-refractivity contribution in [3.8, 4) is 0 Å². The molecule has 0 aromatic heterocycles. The van der Waals surface area contributed by atoms with Crippen molar-refractivity contribution in [3.05, 3.63) is 12.2 Å². The van der Waals surface area contributed by atoms with Crippen LogP contribution in [0.25, 0.3) is 0 Å². The van der Waals surface area contributed by atoms with Gasteiger partial charge in [0.1, 0.15) is 0 Å². The van der Waals surface area contributed by atoms with E-state index in [0.717, 1.165) is 5.57 Å². The molecule has 2 heterocycles. The highest BCUT2D eigenvalue weighted by Crippen LogP contribution is 2.28. The molecule has 0 unspecified atom stereocenters. The van der Waals surface area contributed by atoms with E-state index in [1.54, 1.807) is 0 Å². The molecule has 13 heavy (non-hydrogen) atoms. The molecule has 74 valence electrons. The van der Waals surface area contributed by atoms with Crippen molar-refractivity contribution in [2.75, 3.05) is 26.4 Å². The lowest BCUT2D eigenvalue weighted by molar-refractivity contribution is -0.522. The molecule has 0 saturated carbocycles. The molecule has 0 radical (unpaired) electrons. The second kappa shape index (κ2) is 3.38. The summed E-state index contributed by atoms with van der Waals surface area (Å²) in [4.78, 5) is 0. The van der Waals surface area contributed by atoms with Crippen LogP contribution in [-0.4, -0.2) is 32.6 Å². The molecule has 0 N–H and O–H groups in total. The van der Waals surface area contributed by atoms with E-state index in [1.165, 1.54) is 0 Å². The number of hydrogen-bond donors (Lipinski definition) is 0. The third kappa shape index (κ3) is 1.91. The fraction of sp³-hybridized carbons (Fsp3) is 0.778. The van der Waals surface area contributed by atoms with Gasteiger partial charge in [-0.05, 0) is 5.57 Å². The summed E-state index contributed by atoms with van der Waals surface area (Å²) < 4.78 is 21.3. The lowest BCUT2D eigenvalue weighted by Crippen LogP contribution is -2.51. The summed E-state index contributed by atoms with van der Waals surface area (Å²) in [5.74, 6) is 0.392. The van der Waals surface area contributed by atoms with Gasteiger partial charge in [0.2, 0.25) is 0 Å². The SMILES string of the molecule is C=C1COC2(OC1)OCC(C)CO2. The Morgan fingerprint density at radius 1 is 1.15 bits per heavy atom. The first-order valence-electron chi connectivity index (χ1n) is 4.43. The Hall–Kier alpha value is -0.420. The van der Waals surface area contributed by atoms with Gasteiger partial charge in [0.15, 0.2) is 0 Å². The Kier molecular flexibility index (Phi) is 2.38. The maximum absolute atomic E-state index is 5.36. The summed E-state index contributed by atoms with van der Waals surface area (Å²) in [5.41, 5.74) is 0.899. The minimum Gasteiger partial charge on any atom is -0.303 e. The molecule has 2 saturated heterocycles. The Labute approximate surface area is 77.4 Å². The first-order chi connectivity index (χ1) is 6.20. The van der Waals surface area contributed by atoms with Crippen molar-refractivity contribution < 1.29 is 18.9 Å². The monoisotopic (exact) mass is 186 g/mol. The van der Waals surface area contributed by atoms with Crippen molar-refractivity contribution in [2.24, 2.45) is 5.92 Å². The third-order valence-electron chi connectivity index (χ3n) is 2.00. The summed E-state index contributed by atoms with van der Waals surface area (Å²) in [6, 6.07) is 0. The van der Waals surface area contributed by atoms with Gasteiger partial charge in [-0.2, -0.15) is 0 Å². The second-order valence-electron chi connectivity index (χ2n) is 3.55. The molecule has 2 aliphatic rings. The zero-order valence-electron chi connectivity index (χ0n) is 7.75. The van der Waals surface area contributed by atoms with Crippen molar-refractivity contribution in [1.82, 2.24) is 0 Å². The summed E-state index contributed by atoms with van der Waals surface area (Å²) >= 11 is 0. The molecule has 0 aromatic rings. The van der Waals surface area contributed by atoms with Gasteiger partial charge in [-0.15, -0.1) is 0 Å². The largest absolute Gasteiger partial charge is 0.413 e. The maximum atomic E-state index is 5.36. The Bertz CT molecular complexity index is 194. The minimum absolute atomic E-state index is 0.392. The van der Waals surface area contributed by atoms with Crippen molar-refractivity contribution in [2.45, 2.75) is 13.1 Å². The normalized spacial score (nSPS) is 29.5. The third-order valence-corrected chi connectivity index (χ3v) is 2.00. The molecule has 4 nitrogen and oxygen atoms in total. The van der Waals surface area contributed by atoms with Gasteiger partial charge in [0.25, 0.3) is 0 Å². The number of hydrogen-bond acceptors (Lipinski definition) is 4. The van der Waals surface area contributed by atoms with Gasteiger partial charge < -0.3 is 9.47 Å². The smallest absolute Gasteiger partial charge is 0.303 e. The van der Waals surface area contributed by atoms with Crippen LogP contribution in [0, 0.1) is 5.92 Å². The molecule has 2 fully saturated rings. The van der Waals surface area contributed by atoms with Gasteiger partial charge in [-0.3, -0.25) is 9.47 Å². The van der Waals surface area contributed by atoms with E-state index in [1.807, 2.05) is 0 Å². The van der Waals surface area contributed by atoms with Gasteiger partial charge in [-0.1, -0.05) is 13.5 Å². The van der Waals surface area contributed by atoms with E-state index in [9.17, 15) is 0 Å². The standard InChI is InChI=1S/C9H14O4/c1-7-3-10-9(11-4-7)12-5-8(2)6-13-9/h8H,1,3-6H2,2H3. The lowest BCUT2D eigenvalue weighted by Gasteiger charge is -2.39. The fourth-order valence-electron chi connectivity index (χ4n) is 1.21. The summed E-state index contributed by atoms with van der Waals surface area (Å²) in [5, 5.41) is 0. The molecule has 1 spiro atoms. The van der Waals surface area contributed by atoms with E-state index < -0.39 is 6.16 Å². The van der Waals surface area contributed by atoms with E-state index in [4.69, 9.17) is 18.9 Å². The highest BCUT2D eigenvalue weighted by Gasteiger charge is 2.42. The average molecular weight is 186 g/mol. The topological polar surface area (TPSA) is 36.9 Å². The van der Waals surface area contributed by atoms with Crippen molar-refractivity contribution in [1.29, 1.82) is 0 Å². The molecule has 4 heteroatoms. The first kappa shape index (κ1) is 9.15. The molecule has 0 atom stereocenters. The molecule has 0 amide bonds. The Morgan fingerprint density at radius 2 is 1.69 bits per heavy atom. The highest BCUT2D eigenvalue weighted by molar-refractivity contribution is 4.96. The molecule has 0 aromatic carbocycles. The van der Waals surface area contributed by atoms with E-state index >= 15 is 0 Å². The van der Waals surface area contributed by atoms with Gasteiger partial charge in [0.05, 0.1) is 26.4 Å². The van der Waals surface area contributed by atoms with E-state index in [-0.39, 0.29) is 0 Å². The lowest BCUT2D eigenvalue weighted by atomic mass is 10.2. The summed E-state index contributed by atoms with van der Waals surface area (Å²) in [7, 11) is 0. The number of ether oxygens (including phenoxy) is 4. The quantitative estimate of drug-likeness (QED) is 0.526. The molecular weight excluding hydrogens is 172 g/mol. The average Bonchev–Trinajstić information content (AvgIpc) is 2.16. The highest BCUT2D eigenvalue weighted by atomic mass is 17.0. The van der Waals surface area contributed by atoms with Crippen LogP contribution in [0.1, 0.15) is 6.92 Å². The van der Waals surface area contributed by atoms with E-state index in [0.29, 0.717) is 32.3 Å². The van der Waals surface area contributed by atoms with Crippen LogP contribution in [-0.2, 0) is 18.9 Å². The number of rotatable bonds is 0. The van der Waals surface area contributed by atoms with Gasteiger partial charge in [0, 0.05) is 5.92 Å². The molecule has 2 aliphatic heterocycles. The summed E-state index contributed by atoms with van der Waals surface area (Å²) in [6.45, 7) is 7.88. The Balaban J connectivity index is 1.94. The molecular formula is C9H14O4. The van der Waals surface area contributed by atoms with Crippen molar-refractivity contribution >= 4 is 0 Å². The van der Waals surface area contributed by atoms with Crippen LogP contribution in [0.3, 0.4) is 0 Å². The van der Waals surface area contributed by atoms with Crippen LogP contribution in [0.4, 0.5) is 0 Å². The second-order valence-corrected chi connectivity index (χ2v) is 3.55. The van der Waals surface area contributed by atoms with Crippen LogP contribution < -0.4 is 0 Å². The molecule has 0 bridgehead atoms.